The molecule has 0 saturated carbocycles. The van der Waals surface area contributed by atoms with Crippen LogP contribution in [0.2, 0.25) is 5.02 Å². The highest BCUT2D eigenvalue weighted by Gasteiger charge is 2.03. The van der Waals surface area contributed by atoms with Crippen molar-refractivity contribution < 1.29 is 9.13 Å². The molecule has 18 heavy (non-hydrogen) atoms. The number of hydrogen-bond acceptors (Lipinski definition) is 1. The number of hydrogen-bond donors (Lipinski definition) is 0. The Hall–Kier alpha value is -1.54. The maximum Gasteiger partial charge on any atom is 0.124 e. The summed E-state index contributed by atoms with van der Waals surface area (Å²) in [5.41, 5.74) is 3.07. The van der Waals surface area contributed by atoms with Crippen LogP contribution in [0.1, 0.15) is 16.7 Å². The van der Waals surface area contributed by atoms with Gasteiger partial charge in [-0.1, -0.05) is 23.7 Å². The molecular formula is C15H14ClFO. The Morgan fingerprint density at radius 3 is 2.33 bits per heavy atom. The summed E-state index contributed by atoms with van der Waals surface area (Å²) in [6, 6.07) is 10.3. The Kier molecular flexibility index (Phi) is 3.87. The molecule has 3 heteroatoms. The molecule has 0 aromatic heterocycles. The minimum absolute atomic E-state index is 0.335. The van der Waals surface area contributed by atoms with Crippen molar-refractivity contribution in [3.8, 4) is 5.75 Å². The van der Waals surface area contributed by atoms with Crippen LogP contribution in [0, 0.1) is 19.7 Å². The van der Waals surface area contributed by atoms with Gasteiger partial charge < -0.3 is 4.74 Å². The second-order valence-corrected chi connectivity index (χ2v) is 4.76. The zero-order valence-electron chi connectivity index (χ0n) is 10.3. The molecule has 0 aliphatic carbocycles. The van der Waals surface area contributed by atoms with E-state index in [0.717, 1.165) is 22.4 Å². The molecule has 0 aliphatic heterocycles. The van der Waals surface area contributed by atoms with Gasteiger partial charge in [-0.05, 0) is 49.2 Å². The van der Waals surface area contributed by atoms with E-state index in [9.17, 15) is 4.39 Å². The highest BCUT2D eigenvalue weighted by atomic mass is 35.5. The molecule has 0 saturated heterocycles. The lowest BCUT2D eigenvalue weighted by molar-refractivity contribution is 0.306. The first-order valence-corrected chi connectivity index (χ1v) is 6.07. The minimum Gasteiger partial charge on any atom is -0.489 e. The number of halogens is 2. The van der Waals surface area contributed by atoms with Gasteiger partial charge in [-0.3, -0.25) is 0 Å². The van der Waals surface area contributed by atoms with Gasteiger partial charge in [0.2, 0.25) is 0 Å². The standard InChI is InChI=1S/C15H14ClFO/c1-10-5-11(2)7-14(6-10)18-9-12-3-4-13(17)8-15(12)16/h3-8H,9H2,1-2H3. The summed E-state index contributed by atoms with van der Waals surface area (Å²) in [5.74, 6) is 0.461. The summed E-state index contributed by atoms with van der Waals surface area (Å²) in [6.07, 6.45) is 0. The van der Waals surface area contributed by atoms with Gasteiger partial charge in [-0.15, -0.1) is 0 Å². The number of rotatable bonds is 3. The first-order valence-electron chi connectivity index (χ1n) is 5.69. The van der Waals surface area contributed by atoms with Crippen LogP contribution in [0.15, 0.2) is 36.4 Å². The Morgan fingerprint density at radius 1 is 1.06 bits per heavy atom. The molecule has 0 unspecified atom stereocenters. The van der Waals surface area contributed by atoms with Gasteiger partial charge in [0, 0.05) is 5.56 Å². The van der Waals surface area contributed by atoms with E-state index in [0.29, 0.717) is 11.6 Å². The molecule has 0 atom stereocenters. The summed E-state index contributed by atoms with van der Waals surface area (Å²) >= 11 is 5.94. The monoisotopic (exact) mass is 264 g/mol. The molecule has 0 fully saturated rings. The third kappa shape index (κ3) is 3.23. The summed E-state index contributed by atoms with van der Waals surface area (Å²) < 4.78 is 18.6. The molecule has 0 bridgehead atoms. The fourth-order valence-corrected chi connectivity index (χ4v) is 2.04. The molecule has 0 N–H and O–H groups in total. The lowest BCUT2D eigenvalue weighted by atomic mass is 10.1. The minimum atomic E-state index is -0.338. The van der Waals surface area contributed by atoms with Crippen LogP contribution < -0.4 is 4.74 Å². The highest BCUT2D eigenvalue weighted by Crippen LogP contribution is 2.21. The summed E-state index contributed by atoms with van der Waals surface area (Å²) in [6.45, 7) is 4.37. The maximum atomic E-state index is 12.9. The quantitative estimate of drug-likeness (QED) is 0.782. The number of aryl methyl sites for hydroxylation is 2. The normalized spacial score (nSPS) is 10.4. The molecule has 0 radical (unpaired) electrons. The Bertz CT molecular complexity index is 546. The Labute approximate surface area is 111 Å². The van der Waals surface area contributed by atoms with Gasteiger partial charge in [-0.25, -0.2) is 4.39 Å². The molecule has 0 aliphatic rings. The van der Waals surface area contributed by atoms with Gasteiger partial charge in [-0.2, -0.15) is 0 Å². The van der Waals surface area contributed by atoms with Gasteiger partial charge in [0.05, 0.1) is 5.02 Å². The van der Waals surface area contributed by atoms with Crippen molar-refractivity contribution in [3.05, 3.63) is 63.9 Å². The second-order valence-electron chi connectivity index (χ2n) is 4.35. The summed E-state index contributed by atoms with van der Waals surface area (Å²) in [5, 5.41) is 0.388. The second kappa shape index (κ2) is 5.40. The van der Waals surface area contributed by atoms with E-state index >= 15 is 0 Å². The van der Waals surface area contributed by atoms with E-state index in [1.165, 1.54) is 12.1 Å². The van der Waals surface area contributed by atoms with Crippen molar-refractivity contribution in [2.45, 2.75) is 20.5 Å². The fraction of sp³-hybridized carbons (Fsp3) is 0.200. The van der Waals surface area contributed by atoms with Crippen molar-refractivity contribution in [2.75, 3.05) is 0 Å². The zero-order valence-corrected chi connectivity index (χ0v) is 11.1. The van der Waals surface area contributed by atoms with E-state index in [-0.39, 0.29) is 5.82 Å². The molecule has 2 aromatic rings. The van der Waals surface area contributed by atoms with Crippen LogP contribution in [-0.2, 0) is 6.61 Å². The number of ether oxygens (including phenoxy) is 1. The molecule has 94 valence electrons. The van der Waals surface area contributed by atoms with Crippen LogP contribution in [0.5, 0.6) is 5.75 Å². The predicted octanol–water partition coefficient (Wildman–Crippen LogP) is 4.67. The molecular weight excluding hydrogens is 251 g/mol. The maximum absolute atomic E-state index is 12.9. The van der Waals surface area contributed by atoms with Crippen molar-refractivity contribution in [2.24, 2.45) is 0 Å². The molecule has 0 spiro atoms. The van der Waals surface area contributed by atoms with Gasteiger partial charge >= 0.3 is 0 Å². The van der Waals surface area contributed by atoms with Crippen LogP contribution in [-0.4, -0.2) is 0 Å². The molecule has 2 rings (SSSR count). The average molecular weight is 265 g/mol. The van der Waals surface area contributed by atoms with Crippen LogP contribution in [0.3, 0.4) is 0 Å². The van der Waals surface area contributed by atoms with E-state index in [2.05, 4.69) is 6.07 Å². The van der Waals surface area contributed by atoms with E-state index in [1.807, 2.05) is 26.0 Å². The predicted molar refractivity (Wildman–Crippen MR) is 71.7 cm³/mol. The highest BCUT2D eigenvalue weighted by molar-refractivity contribution is 6.31. The van der Waals surface area contributed by atoms with Crippen molar-refractivity contribution >= 4 is 11.6 Å². The third-order valence-corrected chi connectivity index (χ3v) is 2.96. The lowest BCUT2D eigenvalue weighted by Crippen LogP contribution is -1.97. The first kappa shape index (κ1) is 12.9. The van der Waals surface area contributed by atoms with Gasteiger partial charge in [0.15, 0.2) is 0 Å². The SMILES string of the molecule is Cc1cc(C)cc(OCc2ccc(F)cc2Cl)c1. The van der Waals surface area contributed by atoms with E-state index in [4.69, 9.17) is 16.3 Å². The smallest absolute Gasteiger partial charge is 0.124 e. The van der Waals surface area contributed by atoms with E-state index < -0.39 is 0 Å². The van der Waals surface area contributed by atoms with E-state index in [1.54, 1.807) is 6.07 Å². The fourth-order valence-electron chi connectivity index (χ4n) is 1.82. The molecule has 0 amide bonds. The van der Waals surface area contributed by atoms with Gasteiger partial charge in [0.25, 0.3) is 0 Å². The van der Waals surface area contributed by atoms with Crippen LogP contribution in [0.4, 0.5) is 4.39 Å². The van der Waals surface area contributed by atoms with Crippen LogP contribution in [0.25, 0.3) is 0 Å². The topological polar surface area (TPSA) is 9.23 Å². The Morgan fingerprint density at radius 2 is 1.72 bits per heavy atom. The summed E-state index contributed by atoms with van der Waals surface area (Å²) in [7, 11) is 0. The average Bonchev–Trinajstić information content (AvgIpc) is 2.26. The molecule has 2 aromatic carbocycles. The van der Waals surface area contributed by atoms with Crippen molar-refractivity contribution in [3.63, 3.8) is 0 Å². The van der Waals surface area contributed by atoms with Crippen molar-refractivity contribution in [1.29, 1.82) is 0 Å². The van der Waals surface area contributed by atoms with Crippen LogP contribution >= 0.6 is 11.6 Å². The largest absolute Gasteiger partial charge is 0.489 e. The lowest BCUT2D eigenvalue weighted by Gasteiger charge is -2.09. The molecule has 1 nitrogen and oxygen atoms in total. The summed E-state index contributed by atoms with van der Waals surface area (Å²) in [4.78, 5) is 0. The third-order valence-electron chi connectivity index (χ3n) is 2.60. The van der Waals surface area contributed by atoms with Gasteiger partial charge in [0.1, 0.15) is 18.2 Å². The first-order chi connectivity index (χ1) is 8.54. The Balaban J connectivity index is 2.11. The number of benzene rings is 2. The van der Waals surface area contributed by atoms with Crippen molar-refractivity contribution in [1.82, 2.24) is 0 Å². The zero-order chi connectivity index (χ0) is 13.1. The molecule has 0 heterocycles.